The van der Waals surface area contributed by atoms with E-state index in [0.29, 0.717) is 13.0 Å². The molecule has 1 N–H and O–H groups in total. The molecule has 0 aromatic carbocycles. The van der Waals surface area contributed by atoms with Crippen molar-refractivity contribution >= 4 is 23.3 Å². The number of ether oxygens (including phenoxy) is 2. The number of rotatable bonds is 8. The molecule has 2 aromatic heterocycles. The number of esters is 2. The summed E-state index contributed by atoms with van der Waals surface area (Å²) in [6, 6.07) is -0.298. The standard InChI is InChI=1S/C22H30N4O4S/c1-5-6-10-29-17(27)13-22(20(28)30-21(2,3)4)12-15(16-14-23-7-8-24-16)18(26-22)19-25-9-11-31-19/h7-9,11,14-15,18,26H,5-6,10,12-13H2,1-4H3/t15-,18-,22-/m1/s1. The average Bonchev–Trinajstić information content (AvgIpc) is 3.36. The van der Waals surface area contributed by atoms with Crippen molar-refractivity contribution in [1.82, 2.24) is 20.3 Å². The Balaban J connectivity index is 1.94. The number of thiazole rings is 1. The van der Waals surface area contributed by atoms with E-state index >= 15 is 0 Å². The van der Waals surface area contributed by atoms with Gasteiger partial charge in [-0.2, -0.15) is 0 Å². The Morgan fingerprint density at radius 3 is 2.68 bits per heavy atom. The van der Waals surface area contributed by atoms with Gasteiger partial charge in [0.1, 0.15) is 16.1 Å². The van der Waals surface area contributed by atoms with Crippen LogP contribution in [0, 0.1) is 0 Å². The van der Waals surface area contributed by atoms with E-state index in [9.17, 15) is 9.59 Å². The van der Waals surface area contributed by atoms with Crippen LogP contribution in [-0.2, 0) is 19.1 Å². The lowest BCUT2D eigenvalue weighted by Gasteiger charge is -2.31. The van der Waals surface area contributed by atoms with Gasteiger partial charge in [-0.3, -0.25) is 24.9 Å². The molecule has 1 aliphatic heterocycles. The summed E-state index contributed by atoms with van der Waals surface area (Å²) < 4.78 is 11.1. The van der Waals surface area contributed by atoms with Crippen LogP contribution in [0.3, 0.4) is 0 Å². The Bertz CT molecular complexity index is 869. The minimum Gasteiger partial charge on any atom is -0.466 e. The van der Waals surface area contributed by atoms with Crippen molar-refractivity contribution in [3.63, 3.8) is 0 Å². The Labute approximate surface area is 186 Å². The second-order valence-corrected chi connectivity index (χ2v) is 9.69. The van der Waals surface area contributed by atoms with Crippen LogP contribution >= 0.6 is 11.3 Å². The van der Waals surface area contributed by atoms with Gasteiger partial charge < -0.3 is 9.47 Å². The maximum atomic E-state index is 13.4. The van der Waals surface area contributed by atoms with Gasteiger partial charge in [-0.05, 0) is 33.6 Å². The van der Waals surface area contributed by atoms with Crippen molar-refractivity contribution in [2.45, 2.75) is 76.5 Å². The second-order valence-electron chi connectivity index (χ2n) is 8.77. The third-order valence-corrected chi connectivity index (χ3v) is 5.94. The zero-order valence-electron chi connectivity index (χ0n) is 18.5. The largest absolute Gasteiger partial charge is 0.466 e. The van der Waals surface area contributed by atoms with Crippen molar-refractivity contribution in [1.29, 1.82) is 0 Å². The molecular weight excluding hydrogens is 416 g/mol. The number of nitrogens with zero attached hydrogens (tertiary/aromatic N) is 3. The van der Waals surface area contributed by atoms with Crippen LogP contribution in [-0.4, -0.2) is 44.6 Å². The van der Waals surface area contributed by atoms with E-state index < -0.39 is 23.1 Å². The average molecular weight is 447 g/mol. The molecule has 1 aliphatic rings. The minimum atomic E-state index is -1.24. The molecule has 1 fully saturated rings. The van der Waals surface area contributed by atoms with Gasteiger partial charge >= 0.3 is 11.9 Å². The highest BCUT2D eigenvalue weighted by Gasteiger charge is 2.55. The molecular formula is C22H30N4O4S. The Hall–Kier alpha value is -2.39. The highest BCUT2D eigenvalue weighted by molar-refractivity contribution is 7.09. The molecule has 0 unspecified atom stereocenters. The van der Waals surface area contributed by atoms with Crippen molar-refractivity contribution in [3.05, 3.63) is 40.9 Å². The number of nitrogens with one attached hydrogen (secondary N) is 1. The normalized spacial score (nSPS) is 23.5. The lowest BCUT2D eigenvalue weighted by molar-refractivity contribution is -0.167. The van der Waals surface area contributed by atoms with Crippen LogP contribution in [0.5, 0.6) is 0 Å². The summed E-state index contributed by atoms with van der Waals surface area (Å²) in [4.78, 5) is 39.2. The van der Waals surface area contributed by atoms with Crippen molar-refractivity contribution in [2.75, 3.05) is 6.61 Å². The number of aromatic nitrogens is 3. The summed E-state index contributed by atoms with van der Waals surface area (Å²) >= 11 is 1.49. The SMILES string of the molecule is CCCCOC(=O)C[C@@]1(C(=O)OC(C)(C)C)C[C@H](c2cnccn2)[C@H](c2nccs2)N1. The summed E-state index contributed by atoms with van der Waals surface area (Å²) in [5, 5.41) is 6.11. The summed E-state index contributed by atoms with van der Waals surface area (Å²) in [6.45, 7) is 7.80. The van der Waals surface area contributed by atoms with E-state index in [1.54, 1.807) is 24.8 Å². The summed E-state index contributed by atoms with van der Waals surface area (Å²) in [7, 11) is 0. The van der Waals surface area contributed by atoms with E-state index in [4.69, 9.17) is 9.47 Å². The zero-order chi connectivity index (χ0) is 22.5. The maximum absolute atomic E-state index is 13.4. The Morgan fingerprint density at radius 2 is 2.06 bits per heavy atom. The van der Waals surface area contributed by atoms with Gasteiger partial charge in [0.15, 0.2) is 0 Å². The number of hydrogen-bond donors (Lipinski definition) is 1. The van der Waals surface area contributed by atoms with Gasteiger partial charge in [0, 0.05) is 36.1 Å². The molecule has 2 aromatic rings. The molecule has 31 heavy (non-hydrogen) atoms. The minimum absolute atomic E-state index is 0.121. The van der Waals surface area contributed by atoms with E-state index in [0.717, 1.165) is 23.5 Å². The Morgan fingerprint density at radius 1 is 1.26 bits per heavy atom. The molecule has 3 heterocycles. The smallest absolute Gasteiger partial charge is 0.327 e. The van der Waals surface area contributed by atoms with Crippen molar-refractivity contribution < 1.29 is 19.1 Å². The van der Waals surface area contributed by atoms with Crippen LogP contribution < -0.4 is 5.32 Å². The first-order chi connectivity index (χ1) is 14.7. The molecule has 9 heteroatoms. The van der Waals surface area contributed by atoms with E-state index in [2.05, 4.69) is 20.3 Å². The topological polar surface area (TPSA) is 103 Å². The number of hydrogen-bond acceptors (Lipinski definition) is 9. The third-order valence-electron chi connectivity index (χ3n) is 5.08. The molecule has 0 radical (unpaired) electrons. The van der Waals surface area contributed by atoms with Crippen LogP contribution in [0.15, 0.2) is 30.2 Å². The summed E-state index contributed by atoms with van der Waals surface area (Å²) in [5.74, 6) is -1.10. The van der Waals surface area contributed by atoms with Gasteiger partial charge in [-0.15, -0.1) is 11.3 Å². The van der Waals surface area contributed by atoms with Crippen molar-refractivity contribution in [2.24, 2.45) is 0 Å². The highest BCUT2D eigenvalue weighted by atomic mass is 32.1. The lowest BCUT2D eigenvalue weighted by atomic mass is 9.86. The molecule has 3 rings (SSSR count). The lowest BCUT2D eigenvalue weighted by Crippen LogP contribution is -2.52. The maximum Gasteiger partial charge on any atom is 0.327 e. The first kappa shape index (κ1) is 23.3. The zero-order valence-corrected chi connectivity index (χ0v) is 19.3. The Kier molecular flexibility index (Phi) is 7.38. The fourth-order valence-corrected chi connectivity index (χ4v) is 4.44. The molecule has 0 bridgehead atoms. The fraction of sp³-hybridized carbons (Fsp3) is 0.591. The fourth-order valence-electron chi connectivity index (χ4n) is 3.69. The van der Waals surface area contributed by atoms with Crippen LogP contribution in [0.25, 0.3) is 0 Å². The van der Waals surface area contributed by atoms with E-state index in [1.807, 2.05) is 33.1 Å². The van der Waals surface area contributed by atoms with Gasteiger partial charge in [0.05, 0.1) is 24.8 Å². The molecule has 0 aliphatic carbocycles. The predicted molar refractivity (Wildman–Crippen MR) is 116 cm³/mol. The molecule has 3 atom stereocenters. The van der Waals surface area contributed by atoms with Gasteiger partial charge in [0.2, 0.25) is 0 Å². The van der Waals surface area contributed by atoms with Gasteiger partial charge in [-0.25, -0.2) is 4.98 Å². The second kappa shape index (κ2) is 9.82. The van der Waals surface area contributed by atoms with Crippen LogP contribution in [0.1, 0.15) is 76.0 Å². The predicted octanol–water partition coefficient (Wildman–Crippen LogP) is 3.57. The summed E-state index contributed by atoms with van der Waals surface area (Å²) in [6.07, 6.45) is 8.56. The first-order valence-electron chi connectivity index (χ1n) is 10.6. The number of carbonyl (C=O) groups is 2. The molecule has 0 spiro atoms. The van der Waals surface area contributed by atoms with Crippen LogP contribution in [0.2, 0.25) is 0 Å². The molecule has 1 saturated heterocycles. The monoisotopic (exact) mass is 446 g/mol. The number of unbranched alkanes of at least 4 members (excludes halogenated alkanes) is 1. The molecule has 0 amide bonds. The highest BCUT2D eigenvalue weighted by Crippen LogP contribution is 2.46. The number of carbonyl (C=O) groups excluding carboxylic acids is 2. The third kappa shape index (κ3) is 5.86. The van der Waals surface area contributed by atoms with Gasteiger partial charge in [-0.1, -0.05) is 13.3 Å². The first-order valence-corrected chi connectivity index (χ1v) is 11.4. The van der Waals surface area contributed by atoms with Gasteiger partial charge in [0.25, 0.3) is 0 Å². The quantitative estimate of drug-likeness (QED) is 0.485. The summed E-state index contributed by atoms with van der Waals surface area (Å²) in [5.41, 5.74) is -1.20. The molecule has 168 valence electrons. The van der Waals surface area contributed by atoms with Crippen LogP contribution in [0.4, 0.5) is 0 Å². The molecule has 0 saturated carbocycles. The van der Waals surface area contributed by atoms with Crippen molar-refractivity contribution in [3.8, 4) is 0 Å². The van der Waals surface area contributed by atoms with E-state index in [-0.39, 0.29) is 18.4 Å². The van der Waals surface area contributed by atoms with E-state index in [1.165, 1.54) is 11.3 Å². The molecule has 8 nitrogen and oxygen atoms in total.